The molecule has 0 fully saturated rings. The molecule has 0 bridgehead atoms. The zero-order valence-electron chi connectivity index (χ0n) is 13.1. The summed E-state index contributed by atoms with van der Waals surface area (Å²) >= 11 is 8.34. The van der Waals surface area contributed by atoms with Crippen molar-refractivity contribution in [3.63, 3.8) is 0 Å². The Labute approximate surface area is 133 Å². The molecule has 0 heterocycles. The van der Waals surface area contributed by atoms with Crippen molar-refractivity contribution in [2.45, 2.75) is 39.3 Å². The van der Waals surface area contributed by atoms with Gasteiger partial charge in [-0.2, -0.15) is 11.8 Å². The van der Waals surface area contributed by atoms with Crippen LogP contribution in [0, 0.1) is 0 Å². The van der Waals surface area contributed by atoms with Gasteiger partial charge in [0.2, 0.25) is 0 Å². The number of anilines is 1. The first kappa shape index (κ1) is 17.7. The molecule has 0 aliphatic heterocycles. The Morgan fingerprint density at radius 1 is 1.40 bits per heavy atom. The zero-order chi connectivity index (χ0) is 15.0. The third-order valence-electron chi connectivity index (χ3n) is 3.57. The van der Waals surface area contributed by atoms with Crippen LogP contribution in [0.4, 0.5) is 5.69 Å². The largest absolute Gasteiger partial charge is 0.370 e. The van der Waals surface area contributed by atoms with Gasteiger partial charge >= 0.3 is 0 Å². The first-order valence-corrected chi connectivity index (χ1v) is 9.08. The van der Waals surface area contributed by atoms with Gasteiger partial charge in [0.25, 0.3) is 0 Å². The number of para-hydroxylation sites is 1. The highest BCUT2D eigenvalue weighted by molar-refractivity contribution is 7.98. The minimum atomic E-state index is 0.493. The molecule has 0 aromatic heterocycles. The summed E-state index contributed by atoms with van der Waals surface area (Å²) in [5, 5.41) is 4.31. The third kappa shape index (κ3) is 5.19. The van der Waals surface area contributed by atoms with Crippen LogP contribution in [0.1, 0.15) is 32.3 Å². The maximum absolute atomic E-state index is 6.44. The topological polar surface area (TPSA) is 15.3 Å². The Morgan fingerprint density at radius 2 is 2.15 bits per heavy atom. The fourth-order valence-electron chi connectivity index (χ4n) is 2.20. The van der Waals surface area contributed by atoms with Crippen molar-refractivity contribution in [2.75, 3.05) is 30.5 Å². The molecule has 1 rings (SSSR count). The van der Waals surface area contributed by atoms with Crippen LogP contribution in [0.2, 0.25) is 5.02 Å². The second kappa shape index (κ2) is 9.54. The van der Waals surface area contributed by atoms with Gasteiger partial charge in [0.15, 0.2) is 0 Å². The van der Waals surface area contributed by atoms with E-state index in [0.29, 0.717) is 6.04 Å². The fourth-order valence-corrected chi connectivity index (χ4v) is 3.10. The maximum Gasteiger partial charge on any atom is 0.0642 e. The van der Waals surface area contributed by atoms with Crippen LogP contribution >= 0.6 is 23.4 Å². The van der Waals surface area contributed by atoms with Crippen LogP contribution < -0.4 is 10.2 Å². The first-order valence-electron chi connectivity index (χ1n) is 7.31. The third-order valence-corrected chi connectivity index (χ3v) is 4.52. The molecule has 20 heavy (non-hydrogen) atoms. The second-order valence-electron chi connectivity index (χ2n) is 5.17. The van der Waals surface area contributed by atoms with E-state index < -0.39 is 0 Å². The van der Waals surface area contributed by atoms with E-state index in [1.54, 1.807) is 0 Å². The van der Waals surface area contributed by atoms with Crippen molar-refractivity contribution in [3.05, 3.63) is 28.8 Å². The van der Waals surface area contributed by atoms with E-state index in [-0.39, 0.29) is 0 Å². The number of nitrogens with one attached hydrogen (secondary N) is 1. The van der Waals surface area contributed by atoms with Crippen LogP contribution in [-0.4, -0.2) is 31.6 Å². The van der Waals surface area contributed by atoms with Crippen LogP contribution in [0.3, 0.4) is 0 Å². The lowest BCUT2D eigenvalue weighted by Gasteiger charge is -2.30. The Kier molecular flexibility index (Phi) is 8.43. The summed E-state index contributed by atoms with van der Waals surface area (Å²) in [7, 11) is 2.15. The Balaban J connectivity index is 2.84. The zero-order valence-corrected chi connectivity index (χ0v) is 14.7. The van der Waals surface area contributed by atoms with E-state index in [2.05, 4.69) is 43.4 Å². The minimum Gasteiger partial charge on any atom is -0.370 e. The normalized spacial score (nSPS) is 12.4. The summed E-state index contributed by atoms with van der Waals surface area (Å²) in [4.78, 5) is 2.32. The molecule has 0 aliphatic rings. The van der Waals surface area contributed by atoms with Crippen molar-refractivity contribution in [2.24, 2.45) is 0 Å². The van der Waals surface area contributed by atoms with Crippen LogP contribution in [0.25, 0.3) is 0 Å². The molecule has 1 N–H and O–H groups in total. The van der Waals surface area contributed by atoms with Gasteiger partial charge in [-0.3, -0.25) is 0 Å². The summed E-state index contributed by atoms with van der Waals surface area (Å²) in [5.74, 6) is 1.18. The monoisotopic (exact) mass is 314 g/mol. The van der Waals surface area contributed by atoms with Crippen molar-refractivity contribution in [3.8, 4) is 0 Å². The number of hydrogen-bond donors (Lipinski definition) is 1. The van der Waals surface area contributed by atoms with Gasteiger partial charge in [-0.1, -0.05) is 30.7 Å². The van der Waals surface area contributed by atoms with Crippen LogP contribution in [0.15, 0.2) is 18.2 Å². The lowest BCUT2D eigenvalue weighted by Crippen LogP contribution is -2.31. The molecule has 0 aliphatic carbocycles. The highest BCUT2D eigenvalue weighted by Crippen LogP contribution is 2.31. The SMILES string of the molecule is CCCNCc1cccc(Cl)c1N(C)C(C)CCSC. The Bertz CT molecular complexity index is 398. The van der Waals surface area contributed by atoms with Crippen molar-refractivity contribution < 1.29 is 0 Å². The molecule has 1 aromatic carbocycles. The molecule has 2 nitrogen and oxygen atoms in total. The standard InChI is InChI=1S/C16H27ClN2S/c1-5-10-18-12-14-7-6-8-15(17)16(14)19(3)13(2)9-11-20-4/h6-8,13,18H,5,9-12H2,1-4H3. The van der Waals surface area contributed by atoms with Gasteiger partial charge in [-0.15, -0.1) is 0 Å². The summed E-state index contributed by atoms with van der Waals surface area (Å²) in [6, 6.07) is 6.68. The molecule has 0 radical (unpaired) electrons. The second-order valence-corrected chi connectivity index (χ2v) is 6.56. The molecule has 1 atom stereocenters. The average molecular weight is 315 g/mol. The van der Waals surface area contributed by atoms with E-state index in [0.717, 1.165) is 24.5 Å². The predicted molar refractivity (Wildman–Crippen MR) is 94.3 cm³/mol. The van der Waals surface area contributed by atoms with E-state index in [4.69, 9.17) is 11.6 Å². The number of rotatable bonds is 9. The quantitative estimate of drug-likeness (QED) is 0.679. The molecular formula is C16H27ClN2S. The summed E-state index contributed by atoms with van der Waals surface area (Å²) in [5.41, 5.74) is 2.45. The number of nitrogens with zero attached hydrogens (tertiary/aromatic N) is 1. The van der Waals surface area contributed by atoms with Crippen molar-refractivity contribution in [1.29, 1.82) is 0 Å². The summed E-state index contributed by atoms with van der Waals surface area (Å²) in [6.45, 7) is 6.37. The summed E-state index contributed by atoms with van der Waals surface area (Å²) < 4.78 is 0. The number of thioether (sulfide) groups is 1. The van der Waals surface area contributed by atoms with Gasteiger partial charge in [0.1, 0.15) is 0 Å². The fraction of sp³-hybridized carbons (Fsp3) is 0.625. The van der Waals surface area contributed by atoms with Gasteiger partial charge in [-0.25, -0.2) is 0 Å². The highest BCUT2D eigenvalue weighted by Gasteiger charge is 2.16. The smallest absolute Gasteiger partial charge is 0.0642 e. The lowest BCUT2D eigenvalue weighted by atomic mass is 10.1. The van der Waals surface area contributed by atoms with Crippen LogP contribution in [-0.2, 0) is 6.54 Å². The van der Waals surface area contributed by atoms with Gasteiger partial charge in [-0.05, 0) is 49.9 Å². The molecule has 4 heteroatoms. The molecule has 0 saturated carbocycles. The van der Waals surface area contributed by atoms with Gasteiger partial charge in [0, 0.05) is 19.6 Å². The predicted octanol–water partition coefficient (Wildman–Crippen LogP) is 4.42. The van der Waals surface area contributed by atoms with Crippen LogP contribution in [0.5, 0.6) is 0 Å². The van der Waals surface area contributed by atoms with E-state index >= 15 is 0 Å². The number of hydrogen-bond acceptors (Lipinski definition) is 3. The molecule has 0 saturated heterocycles. The number of benzene rings is 1. The molecule has 0 spiro atoms. The maximum atomic E-state index is 6.44. The molecule has 114 valence electrons. The summed E-state index contributed by atoms with van der Waals surface area (Å²) in [6.07, 6.45) is 4.48. The van der Waals surface area contributed by atoms with Crippen molar-refractivity contribution in [1.82, 2.24) is 5.32 Å². The van der Waals surface area contributed by atoms with Gasteiger partial charge in [0.05, 0.1) is 10.7 Å². The minimum absolute atomic E-state index is 0.493. The van der Waals surface area contributed by atoms with E-state index in [9.17, 15) is 0 Å². The highest BCUT2D eigenvalue weighted by atomic mass is 35.5. The lowest BCUT2D eigenvalue weighted by molar-refractivity contribution is 0.650. The van der Waals surface area contributed by atoms with Gasteiger partial charge < -0.3 is 10.2 Å². The van der Waals surface area contributed by atoms with E-state index in [1.807, 2.05) is 23.9 Å². The Morgan fingerprint density at radius 3 is 2.80 bits per heavy atom. The molecular weight excluding hydrogens is 288 g/mol. The Hall–Kier alpha value is -0.380. The number of halogens is 1. The molecule has 1 aromatic rings. The first-order chi connectivity index (χ1) is 9.61. The molecule has 1 unspecified atom stereocenters. The van der Waals surface area contributed by atoms with Crippen molar-refractivity contribution >= 4 is 29.1 Å². The average Bonchev–Trinajstić information content (AvgIpc) is 2.44. The van der Waals surface area contributed by atoms with E-state index in [1.165, 1.54) is 23.4 Å². The molecule has 0 amide bonds.